The van der Waals surface area contributed by atoms with E-state index in [0.29, 0.717) is 18.3 Å². The molecule has 0 unspecified atom stereocenters. The number of carboxylic acids is 1. The monoisotopic (exact) mass is 656 g/mol. The maximum absolute atomic E-state index is 13.1. The molecule has 0 atom stereocenters. The molecular formula is C30H19F3N2O12. The van der Waals surface area contributed by atoms with Crippen molar-refractivity contribution >= 4 is 29.6 Å². The molecule has 0 aliphatic carbocycles. The first-order valence-electron chi connectivity index (χ1n) is 12.7. The van der Waals surface area contributed by atoms with Crippen LogP contribution < -0.4 is 5.32 Å². The number of carbonyl (C=O) groups is 5. The van der Waals surface area contributed by atoms with E-state index >= 15 is 0 Å². The molecule has 0 spiro atoms. The largest absolute Gasteiger partial charge is 0.508 e. The summed E-state index contributed by atoms with van der Waals surface area (Å²) in [6, 6.07) is 9.09. The maximum atomic E-state index is 13.1. The highest BCUT2D eigenvalue weighted by Crippen LogP contribution is 2.35. The van der Waals surface area contributed by atoms with E-state index in [2.05, 4.69) is 10.2 Å². The number of halogens is 3. The van der Waals surface area contributed by atoms with Crippen molar-refractivity contribution in [3.05, 3.63) is 118 Å². The number of hydroxylamine groups is 2. The van der Waals surface area contributed by atoms with Crippen molar-refractivity contribution in [2.45, 2.75) is 6.18 Å². The van der Waals surface area contributed by atoms with Gasteiger partial charge in [-0.15, -0.1) is 0 Å². The third-order valence-electron chi connectivity index (χ3n) is 6.06. The number of rotatable bonds is 8. The summed E-state index contributed by atoms with van der Waals surface area (Å²) in [6.45, 7) is 0. The lowest BCUT2D eigenvalue weighted by molar-refractivity contribution is -0.222. The van der Waals surface area contributed by atoms with E-state index in [0.717, 1.165) is 48.7 Å². The molecule has 17 heteroatoms. The summed E-state index contributed by atoms with van der Waals surface area (Å²) >= 11 is 0. The first kappa shape index (κ1) is 33.1. The fourth-order valence-electron chi connectivity index (χ4n) is 3.94. The number of hydrogen-bond donors (Lipinski definition) is 6. The number of phenols is 4. The third-order valence-corrected chi connectivity index (χ3v) is 6.06. The van der Waals surface area contributed by atoms with Gasteiger partial charge < -0.3 is 40.4 Å². The number of nitrogens with one attached hydrogen (secondary N) is 1. The SMILES string of the molecule is O=C(NC1=CN(OC(=O)C(F)(F)F)C=CC=C1OC(=O)c1cc(O)c(C(=O)c2c(O)cccc2C(=O)O)c(O)c1)c1ccc(O)cc1. The van der Waals surface area contributed by atoms with Gasteiger partial charge in [0.1, 0.15) is 34.3 Å². The van der Waals surface area contributed by atoms with E-state index in [1.807, 2.05) is 0 Å². The number of ether oxygens (including phenoxy) is 1. The number of carboxylic acid groups (broad SMARTS) is 1. The second-order valence-corrected chi connectivity index (χ2v) is 9.27. The zero-order valence-electron chi connectivity index (χ0n) is 23.2. The predicted molar refractivity (Wildman–Crippen MR) is 149 cm³/mol. The molecule has 14 nitrogen and oxygen atoms in total. The van der Waals surface area contributed by atoms with Crippen LogP contribution in [0.5, 0.6) is 23.0 Å². The number of hydrogen-bond acceptors (Lipinski definition) is 12. The molecule has 0 fully saturated rings. The average Bonchev–Trinajstić information content (AvgIpc) is 3.17. The summed E-state index contributed by atoms with van der Waals surface area (Å²) in [5.41, 5.74) is -3.55. The van der Waals surface area contributed by atoms with Crippen LogP contribution in [0.3, 0.4) is 0 Å². The summed E-state index contributed by atoms with van der Waals surface area (Å²) in [5.74, 6) is -11.5. The molecule has 0 saturated heterocycles. The number of ketones is 1. The Morgan fingerprint density at radius 3 is 2.04 bits per heavy atom. The molecule has 0 aromatic heterocycles. The van der Waals surface area contributed by atoms with Gasteiger partial charge in [0.25, 0.3) is 5.91 Å². The number of esters is 1. The number of phenolic OH excluding ortho intramolecular Hbond substituents is 4. The van der Waals surface area contributed by atoms with Crippen LogP contribution in [-0.2, 0) is 14.4 Å². The van der Waals surface area contributed by atoms with Gasteiger partial charge in [-0.1, -0.05) is 6.07 Å². The molecule has 47 heavy (non-hydrogen) atoms. The van der Waals surface area contributed by atoms with Gasteiger partial charge in [-0.25, -0.2) is 14.4 Å². The lowest BCUT2D eigenvalue weighted by atomic mass is 9.95. The van der Waals surface area contributed by atoms with Crippen molar-refractivity contribution in [3.8, 4) is 23.0 Å². The van der Waals surface area contributed by atoms with Crippen LogP contribution in [0.25, 0.3) is 0 Å². The highest BCUT2D eigenvalue weighted by Gasteiger charge is 2.42. The first-order valence-corrected chi connectivity index (χ1v) is 12.7. The Morgan fingerprint density at radius 1 is 0.809 bits per heavy atom. The zero-order chi connectivity index (χ0) is 34.6. The van der Waals surface area contributed by atoms with Crippen molar-refractivity contribution in [2.75, 3.05) is 0 Å². The van der Waals surface area contributed by atoms with Crippen LogP contribution >= 0.6 is 0 Å². The molecule has 4 rings (SSSR count). The van der Waals surface area contributed by atoms with E-state index in [9.17, 15) is 62.7 Å². The van der Waals surface area contributed by atoms with E-state index in [-0.39, 0.29) is 16.4 Å². The molecule has 6 N–H and O–H groups in total. The first-order chi connectivity index (χ1) is 22.1. The number of carbonyl (C=O) groups excluding carboxylic acids is 4. The Kier molecular flexibility index (Phi) is 9.21. The highest BCUT2D eigenvalue weighted by molar-refractivity contribution is 6.18. The molecule has 242 valence electrons. The minimum Gasteiger partial charge on any atom is -0.508 e. The standard InChI is InChI=1S/C30H19F3N2O12/c31-30(32,33)29(45)47-35-10-2-5-22(18(13-35)34-26(41)14-6-8-16(36)9-7-14)46-28(44)15-11-20(38)24(21(39)12-15)25(40)23-17(27(42)43)3-1-4-19(23)37/h1-13,36-39H,(H,34,41)(H,42,43). The Balaban J connectivity index is 1.65. The van der Waals surface area contributed by atoms with Crippen LogP contribution in [0.1, 0.15) is 47.0 Å². The number of nitrogens with zero attached hydrogens (tertiary/aromatic N) is 1. The van der Waals surface area contributed by atoms with Crippen LogP contribution in [-0.4, -0.2) is 66.4 Å². The van der Waals surface area contributed by atoms with E-state index in [1.165, 1.54) is 12.1 Å². The van der Waals surface area contributed by atoms with Crippen molar-refractivity contribution in [2.24, 2.45) is 0 Å². The summed E-state index contributed by atoms with van der Waals surface area (Å²) in [5, 5.41) is 52.6. The molecule has 1 aliphatic rings. The highest BCUT2D eigenvalue weighted by atomic mass is 19.4. The Hall–Kier alpha value is -6.78. The van der Waals surface area contributed by atoms with Crippen molar-refractivity contribution in [3.63, 3.8) is 0 Å². The van der Waals surface area contributed by atoms with Crippen LogP contribution in [0, 0.1) is 0 Å². The second kappa shape index (κ2) is 13.1. The predicted octanol–water partition coefficient (Wildman–Crippen LogP) is 3.60. The van der Waals surface area contributed by atoms with Gasteiger partial charge in [-0.05, 0) is 60.7 Å². The van der Waals surface area contributed by atoms with Crippen LogP contribution in [0.15, 0.2) is 90.6 Å². The summed E-state index contributed by atoms with van der Waals surface area (Å²) in [4.78, 5) is 66.2. The molecular weight excluding hydrogens is 637 g/mol. The number of alkyl halides is 3. The molecule has 1 aliphatic heterocycles. The van der Waals surface area contributed by atoms with Gasteiger partial charge in [0.15, 0.2) is 5.76 Å². The molecule has 0 saturated carbocycles. The van der Waals surface area contributed by atoms with Crippen molar-refractivity contribution < 1.29 is 72.3 Å². The van der Waals surface area contributed by atoms with Crippen molar-refractivity contribution in [1.29, 1.82) is 0 Å². The van der Waals surface area contributed by atoms with Crippen LogP contribution in [0.4, 0.5) is 13.2 Å². The van der Waals surface area contributed by atoms with Crippen LogP contribution in [0.2, 0.25) is 0 Å². The fourth-order valence-corrected chi connectivity index (χ4v) is 3.94. The Bertz CT molecular complexity index is 1870. The normalized spacial score (nSPS) is 12.7. The van der Waals surface area contributed by atoms with E-state index < -0.39 is 86.7 Å². The van der Waals surface area contributed by atoms with Gasteiger partial charge in [0.05, 0.1) is 22.9 Å². The Morgan fingerprint density at radius 2 is 1.45 bits per heavy atom. The Labute approximate surface area is 260 Å². The lowest BCUT2D eigenvalue weighted by Gasteiger charge is -2.18. The number of allylic oxidation sites excluding steroid dienone is 2. The van der Waals surface area contributed by atoms with Gasteiger partial charge in [0.2, 0.25) is 5.78 Å². The van der Waals surface area contributed by atoms with Gasteiger partial charge in [-0.2, -0.15) is 18.2 Å². The number of benzene rings is 3. The van der Waals surface area contributed by atoms with Gasteiger partial charge >= 0.3 is 24.1 Å². The zero-order valence-corrected chi connectivity index (χ0v) is 23.2. The lowest BCUT2D eigenvalue weighted by Crippen LogP contribution is -2.31. The molecule has 0 radical (unpaired) electrons. The topological polar surface area (TPSA) is 220 Å². The molecule has 0 bridgehead atoms. The number of aromatic carboxylic acids is 1. The smallest absolute Gasteiger partial charge is 0.493 e. The molecule has 3 aromatic rings. The third kappa shape index (κ3) is 7.48. The number of amides is 1. The van der Waals surface area contributed by atoms with Gasteiger partial charge in [0, 0.05) is 11.8 Å². The van der Waals surface area contributed by atoms with Gasteiger partial charge in [-0.3, -0.25) is 9.59 Å². The van der Waals surface area contributed by atoms with E-state index in [1.54, 1.807) is 0 Å². The summed E-state index contributed by atoms with van der Waals surface area (Å²) < 4.78 is 43.6. The maximum Gasteiger partial charge on any atom is 0.493 e. The fraction of sp³-hybridized carbons (Fsp3) is 0.0333. The minimum absolute atomic E-state index is 0.0731. The average molecular weight is 656 g/mol. The van der Waals surface area contributed by atoms with E-state index in [4.69, 9.17) is 4.74 Å². The molecule has 1 amide bonds. The quantitative estimate of drug-likeness (QED) is 0.151. The molecule has 3 aromatic carbocycles. The summed E-state index contributed by atoms with van der Waals surface area (Å²) in [7, 11) is 0. The molecule has 1 heterocycles. The second-order valence-electron chi connectivity index (χ2n) is 9.27. The minimum atomic E-state index is -5.40. The van der Waals surface area contributed by atoms with Crippen molar-refractivity contribution in [1.82, 2.24) is 10.4 Å². The number of aromatic hydroxyl groups is 4. The summed E-state index contributed by atoms with van der Waals surface area (Å²) in [6.07, 6.45) is -2.04.